The molecule has 0 aromatic heterocycles. The highest BCUT2D eigenvalue weighted by Crippen LogP contribution is 2.33. The number of β-amino-alcohol motifs (C(OH)–C–C–N with tert-alkyl or cyclic N) is 1. The molecule has 0 aliphatic carbocycles. The highest BCUT2D eigenvalue weighted by molar-refractivity contribution is 6.08. The molecule has 10 heteroatoms. The predicted molar refractivity (Wildman–Crippen MR) is 84.2 cm³/mol. The largest absolute Gasteiger partial charge is 0.573 e. The molecule has 0 saturated heterocycles. The lowest BCUT2D eigenvalue weighted by Gasteiger charge is -2.17. The fourth-order valence-electron chi connectivity index (χ4n) is 2.44. The number of alkyl halides is 3. The number of aryl methyl sites for hydroxylation is 1. The Labute approximate surface area is 147 Å². The van der Waals surface area contributed by atoms with Gasteiger partial charge in [-0.2, -0.15) is 0 Å². The smallest absolute Gasteiger partial charge is 0.466 e. The number of nitrogens with zero attached hydrogens (tertiary/aromatic N) is 1. The molecule has 1 aromatic rings. The number of ether oxygens (including phenoxy) is 2. The van der Waals surface area contributed by atoms with Gasteiger partial charge < -0.3 is 24.8 Å². The Morgan fingerprint density at radius 1 is 1.38 bits per heavy atom. The minimum Gasteiger partial charge on any atom is -0.466 e. The van der Waals surface area contributed by atoms with Crippen LogP contribution >= 0.6 is 0 Å². The Morgan fingerprint density at radius 3 is 2.65 bits per heavy atom. The van der Waals surface area contributed by atoms with E-state index in [-0.39, 0.29) is 36.7 Å². The van der Waals surface area contributed by atoms with Crippen LogP contribution in [0.5, 0.6) is 5.75 Å². The molecular weight excluding hydrogens is 357 g/mol. The Hall–Kier alpha value is -2.75. The fraction of sp³-hybridized carbons (Fsp3) is 0.375. The maximum absolute atomic E-state index is 12.6. The number of methoxy groups -OCH3 is 1. The van der Waals surface area contributed by atoms with Crippen molar-refractivity contribution >= 4 is 17.6 Å². The molecule has 0 spiro atoms. The summed E-state index contributed by atoms with van der Waals surface area (Å²) >= 11 is 0. The van der Waals surface area contributed by atoms with E-state index >= 15 is 0 Å². The SMILES string of the molecule is COC(=O)C1=C(Nc2cc(C)ccc2OC(F)(F)F)C(=O)N(CCO)C1. The quantitative estimate of drug-likeness (QED) is 0.735. The third-order valence-electron chi connectivity index (χ3n) is 3.57. The zero-order valence-electron chi connectivity index (χ0n) is 14.0. The maximum atomic E-state index is 12.6. The number of benzene rings is 1. The van der Waals surface area contributed by atoms with Crippen LogP contribution in [0.25, 0.3) is 0 Å². The van der Waals surface area contributed by atoms with E-state index in [1.807, 2.05) is 0 Å². The number of hydrogen-bond acceptors (Lipinski definition) is 6. The van der Waals surface area contributed by atoms with E-state index in [2.05, 4.69) is 14.8 Å². The van der Waals surface area contributed by atoms with Crippen LogP contribution in [0.2, 0.25) is 0 Å². The zero-order valence-corrected chi connectivity index (χ0v) is 14.0. The monoisotopic (exact) mass is 374 g/mol. The van der Waals surface area contributed by atoms with E-state index in [0.29, 0.717) is 5.56 Å². The summed E-state index contributed by atoms with van der Waals surface area (Å²) in [6.07, 6.45) is -4.92. The van der Waals surface area contributed by atoms with Crippen molar-refractivity contribution in [1.82, 2.24) is 4.90 Å². The highest BCUT2D eigenvalue weighted by Gasteiger charge is 2.36. The van der Waals surface area contributed by atoms with Crippen molar-refractivity contribution in [1.29, 1.82) is 0 Å². The van der Waals surface area contributed by atoms with Crippen LogP contribution in [0.3, 0.4) is 0 Å². The summed E-state index contributed by atoms with van der Waals surface area (Å²) in [6.45, 7) is 1.15. The minimum atomic E-state index is -4.92. The number of carbonyl (C=O) groups is 2. The van der Waals surface area contributed by atoms with E-state index in [0.717, 1.165) is 13.2 Å². The number of rotatable bonds is 6. The summed E-state index contributed by atoms with van der Waals surface area (Å²) in [5, 5.41) is 11.6. The molecule has 1 aromatic carbocycles. The molecule has 1 heterocycles. The van der Waals surface area contributed by atoms with Gasteiger partial charge in [0, 0.05) is 6.54 Å². The lowest BCUT2D eigenvalue weighted by Crippen LogP contribution is -2.31. The van der Waals surface area contributed by atoms with Crippen molar-refractivity contribution in [3.8, 4) is 5.75 Å². The van der Waals surface area contributed by atoms with E-state index < -0.39 is 24.0 Å². The molecule has 1 aliphatic heterocycles. The summed E-state index contributed by atoms with van der Waals surface area (Å²) in [5.41, 5.74) is 0.214. The molecule has 2 N–H and O–H groups in total. The Kier molecular flexibility index (Phi) is 5.76. The van der Waals surface area contributed by atoms with Crippen molar-refractivity contribution in [3.05, 3.63) is 35.0 Å². The maximum Gasteiger partial charge on any atom is 0.573 e. The Balaban J connectivity index is 2.42. The first-order chi connectivity index (χ1) is 12.2. The molecule has 0 atom stereocenters. The molecule has 1 amide bonds. The lowest BCUT2D eigenvalue weighted by atomic mass is 10.2. The zero-order chi connectivity index (χ0) is 19.5. The van der Waals surface area contributed by atoms with Crippen LogP contribution in [0.4, 0.5) is 18.9 Å². The van der Waals surface area contributed by atoms with Crippen molar-refractivity contribution < 1.29 is 37.3 Å². The van der Waals surface area contributed by atoms with Crippen LogP contribution in [0.1, 0.15) is 5.56 Å². The fourth-order valence-corrected chi connectivity index (χ4v) is 2.44. The van der Waals surface area contributed by atoms with Gasteiger partial charge in [0.1, 0.15) is 5.70 Å². The molecule has 0 saturated carbocycles. The number of aliphatic hydroxyl groups is 1. The first-order valence-corrected chi connectivity index (χ1v) is 7.51. The van der Waals surface area contributed by atoms with Crippen molar-refractivity contribution in [2.45, 2.75) is 13.3 Å². The van der Waals surface area contributed by atoms with Gasteiger partial charge in [-0.3, -0.25) is 4.79 Å². The Bertz CT molecular complexity index is 746. The van der Waals surface area contributed by atoms with Gasteiger partial charge in [-0.1, -0.05) is 6.07 Å². The van der Waals surface area contributed by atoms with E-state index in [1.54, 1.807) is 6.92 Å². The second-order valence-electron chi connectivity index (χ2n) is 5.47. The third-order valence-corrected chi connectivity index (χ3v) is 3.57. The van der Waals surface area contributed by atoms with Crippen molar-refractivity contribution in [2.75, 3.05) is 32.1 Å². The predicted octanol–water partition coefficient (Wildman–Crippen LogP) is 1.57. The number of aliphatic hydroxyl groups excluding tert-OH is 1. The van der Waals surface area contributed by atoms with Gasteiger partial charge in [0.25, 0.3) is 5.91 Å². The second-order valence-corrected chi connectivity index (χ2v) is 5.47. The minimum absolute atomic E-state index is 0.0375. The standard InChI is InChI=1S/C16H17F3N2O5/c1-9-3-4-12(26-16(17,18)19)11(7-9)20-13-10(15(24)25-2)8-21(5-6-22)14(13)23/h3-4,7,20,22H,5-6,8H2,1-2H3. The van der Waals surface area contributed by atoms with Crippen molar-refractivity contribution in [3.63, 3.8) is 0 Å². The Morgan fingerprint density at radius 2 is 2.08 bits per heavy atom. The summed E-state index contributed by atoms with van der Waals surface area (Å²) in [5.74, 6) is -1.99. The summed E-state index contributed by atoms with van der Waals surface area (Å²) in [6, 6.07) is 3.87. The third kappa shape index (κ3) is 4.45. The number of anilines is 1. The summed E-state index contributed by atoms with van der Waals surface area (Å²) < 4.78 is 46.4. The number of nitrogens with one attached hydrogen (secondary N) is 1. The molecule has 0 radical (unpaired) electrons. The first-order valence-electron chi connectivity index (χ1n) is 7.51. The number of halogens is 3. The lowest BCUT2D eigenvalue weighted by molar-refractivity contribution is -0.274. The van der Waals surface area contributed by atoms with Crippen LogP contribution < -0.4 is 10.1 Å². The molecular formula is C16H17F3N2O5. The van der Waals surface area contributed by atoms with Gasteiger partial charge >= 0.3 is 12.3 Å². The normalized spacial score (nSPS) is 14.7. The van der Waals surface area contributed by atoms with E-state index in [1.165, 1.54) is 17.0 Å². The van der Waals surface area contributed by atoms with Crippen molar-refractivity contribution in [2.24, 2.45) is 0 Å². The molecule has 0 fully saturated rings. The molecule has 142 valence electrons. The van der Waals surface area contributed by atoms with E-state index in [9.17, 15) is 22.8 Å². The molecule has 0 unspecified atom stereocenters. The summed E-state index contributed by atoms with van der Waals surface area (Å²) in [4.78, 5) is 25.5. The van der Waals surface area contributed by atoms with Crippen LogP contribution in [-0.4, -0.2) is 55.1 Å². The highest BCUT2D eigenvalue weighted by atomic mass is 19.4. The molecule has 0 bridgehead atoms. The molecule has 7 nitrogen and oxygen atoms in total. The van der Waals surface area contributed by atoms with Gasteiger partial charge in [0.15, 0.2) is 5.75 Å². The van der Waals surface area contributed by atoms with Gasteiger partial charge in [-0.15, -0.1) is 13.2 Å². The van der Waals surface area contributed by atoms with Crippen LogP contribution in [-0.2, 0) is 14.3 Å². The van der Waals surface area contributed by atoms with Gasteiger partial charge in [0.05, 0.1) is 31.5 Å². The van der Waals surface area contributed by atoms with Gasteiger partial charge in [-0.25, -0.2) is 4.79 Å². The second kappa shape index (κ2) is 7.65. The topological polar surface area (TPSA) is 88.1 Å². The molecule has 2 rings (SSSR count). The molecule has 26 heavy (non-hydrogen) atoms. The number of carbonyl (C=O) groups excluding carboxylic acids is 2. The number of hydrogen-bond donors (Lipinski definition) is 2. The number of esters is 1. The van der Waals surface area contributed by atoms with Crippen LogP contribution in [0, 0.1) is 6.92 Å². The summed E-state index contributed by atoms with van der Waals surface area (Å²) in [7, 11) is 1.12. The van der Waals surface area contributed by atoms with E-state index in [4.69, 9.17) is 5.11 Å². The van der Waals surface area contributed by atoms with Crippen LogP contribution in [0.15, 0.2) is 29.5 Å². The van der Waals surface area contributed by atoms with Gasteiger partial charge in [-0.05, 0) is 24.6 Å². The average molecular weight is 374 g/mol. The molecule has 1 aliphatic rings. The average Bonchev–Trinajstić information content (AvgIpc) is 2.85. The number of amides is 1. The van der Waals surface area contributed by atoms with Gasteiger partial charge in [0.2, 0.25) is 0 Å². The first kappa shape index (κ1) is 19.6.